The molecule has 0 saturated heterocycles. The van der Waals surface area contributed by atoms with Gasteiger partial charge < -0.3 is 9.73 Å². The van der Waals surface area contributed by atoms with Crippen LogP contribution in [-0.4, -0.2) is 5.91 Å². The van der Waals surface area contributed by atoms with Crippen molar-refractivity contribution < 1.29 is 9.21 Å². The van der Waals surface area contributed by atoms with Crippen molar-refractivity contribution in [2.45, 2.75) is 6.92 Å². The standard InChI is InChI=1S/C20H13Cl2NO2/c1-11-3-2-4-14-15(20(24)23-19(11)14)10-13-6-8-18(25-13)12-5-7-16(21)17(22)9-12/h2-10H,1H3,(H,23,24)/b15-10-. The number of halogens is 2. The topological polar surface area (TPSA) is 42.2 Å². The van der Waals surface area contributed by atoms with Crippen molar-refractivity contribution in [1.29, 1.82) is 0 Å². The Bertz CT molecular complexity index is 1030. The molecule has 1 aliphatic heterocycles. The number of benzene rings is 2. The lowest BCUT2D eigenvalue weighted by Crippen LogP contribution is -2.04. The van der Waals surface area contributed by atoms with E-state index in [1.165, 1.54) is 0 Å². The summed E-state index contributed by atoms with van der Waals surface area (Å²) in [6.45, 7) is 1.97. The van der Waals surface area contributed by atoms with Gasteiger partial charge in [-0.3, -0.25) is 4.79 Å². The van der Waals surface area contributed by atoms with Gasteiger partial charge in [-0.2, -0.15) is 0 Å². The minimum Gasteiger partial charge on any atom is -0.457 e. The van der Waals surface area contributed by atoms with Gasteiger partial charge in [-0.1, -0.05) is 41.4 Å². The van der Waals surface area contributed by atoms with Gasteiger partial charge in [0.15, 0.2) is 0 Å². The Morgan fingerprint density at radius 3 is 2.68 bits per heavy atom. The van der Waals surface area contributed by atoms with Gasteiger partial charge in [-0.25, -0.2) is 0 Å². The summed E-state index contributed by atoms with van der Waals surface area (Å²) in [6.07, 6.45) is 1.75. The number of para-hydroxylation sites is 1. The Labute approximate surface area is 154 Å². The number of anilines is 1. The third kappa shape index (κ3) is 2.86. The highest BCUT2D eigenvalue weighted by atomic mass is 35.5. The Kier molecular flexibility index (Phi) is 3.91. The maximum Gasteiger partial charge on any atom is 0.256 e. The number of aryl methyl sites for hydroxylation is 1. The second-order valence-electron chi connectivity index (χ2n) is 5.84. The maximum absolute atomic E-state index is 12.3. The highest BCUT2D eigenvalue weighted by Crippen LogP contribution is 2.36. The van der Waals surface area contributed by atoms with Gasteiger partial charge in [0.1, 0.15) is 11.5 Å². The number of carbonyl (C=O) groups is 1. The Hall–Kier alpha value is -2.49. The summed E-state index contributed by atoms with van der Waals surface area (Å²) >= 11 is 12.0. The van der Waals surface area contributed by atoms with Gasteiger partial charge in [0.05, 0.1) is 21.3 Å². The van der Waals surface area contributed by atoms with E-state index in [0.29, 0.717) is 27.1 Å². The second-order valence-corrected chi connectivity index (χ2v) is 6.65. The summed E-state index contributed by atoms with van der Waals surface area (Å²) in [6, 6.07) is 14.8. The first-order chi connectivity index (χ1) is 12.0. The van der Waals surface area contributed by atoms with Crippen LogP contribution in [-0.2, 0) is 4.79 Å². The molecule has 0 aliphatic carbocycles. The quantitative estimate of drug-likeness (QED) is 0.558. The molecule has 3 aromatic rings. The largest absolute Gasteiger partial charge is 0.457 e. The number of furan rings is 1. The van der Waals surface area contributed by atoms with Crippen LogP contribution >= 0.6 is 23.2 Å². The van der Waals surface area contributed by atoms with E-state index in [0.717, 1.165) is 22.4 Å². The molecule has 5 heteroatoms. The zero-order valence-electron chi connectivity index (χ0n) is 13.3. The van der Waals surface area contributed by atoms with E-state index in [2.05, 4.69) is 5.32 Å². The molecule has 3 nitrogen and oxygen atoms in total. The predicted octanol–water partition coefficient (Wildman–Crippen LogP) is 6.05. The fourth-order valence-corrected chi connectivity index (χ4v) is 3.18. The van der Waals surface area contributed by atoms with E-state index in [-0.39, 0.29) is 5.91 Å². The van der Waals surface area contributed by atoms with Gasteiger partial charge >= 0.3 is 0 Å². The van der Waals surface area contributed by atoms with Gasteiger partial charge in [0, 0.05) is 11.1 Å². The van der Waals surface area contributed by atoms with Crippen LogP contribution < -0.4 is 5.32 Å². The molecule has 0 unspecified atom stereocenters. The molecule has 1 aliphatic rings. The molecule has 124 valence electrons. The SMILES string of the molecule is Cc1cccc2c1NC(=O)/C2=C\c1ccc(-c2ccc(Cl)c(Cl)c2)o1. The van der Waals surface area contributed by atoms with Crippen molar-refractivity contribution in [1.82, 2.24) is 0 Å². The number of nitrogens with one attached hydrogen (secondary N) is 1. The number of hydrogen-bond acceptors (Lipinski definition) is 2. The predicted molar refractivity (Wildman–Crippen MR) is 102 cm³/mol. The molecule has 2 aromatic carbocycles. The average molecular weight is 370 g/mol. The molecule has 0 fully saturated rings. The maximum atomic E-state index is 12.3. The van der Waals surface area contributed by atoms with Gasteiger partial charge in [0.2, 0.25) is 0 Å². The number of fused-ring (bicyclic) bond motifs is 1. The van der Waals surface area contributed by atoms with Gasteiger partial charge in [0.25, 0.3) is 5.91 Å². The lowest BCUT2D eigenvalue weighted by atomic mass is 10.0. The minimum absolute atomic E-state index is 0.128. The highest BCUT2D eigenvalue weighted by molar-refractivity contribution is 6.42. The molecule has 0 spiro atoms. The zero-order chi connectivity index (χ0) is 17.6. The summed E-state index contributed by atoms with van der Waals surface area (Å²) in [5.41, 5.74) is 4.19. The van der Waals surface area contributed by atoms with Gasteiger partial charge in [-0.15, -0.1) is 0 Å². The third-order valence-electron chi connectivity index (χ3n) is 4.16. The molecule has 1 N–H and O–H groups in total. The third-order valence-corrected chi connectivity index (χ3v) is 4.90. The first-order valence-corrected chi connectivity index (χ1v) is 8.47. The molecule has 1 aromatic heterocycles. The molecule has 4 rings (SSSR count). The first-order valence-electron chi connectivity index (χ1n) is 7.71. The van der Waals surface area contributed by atoms with Crippen LogP contribution in [0.5, 0.6) is 0 Å². The molecule has 25 heavy (non-hydrogen) atoms. The van der Waals surface area contributed by atoms with Crippen LogP contribution in [0.3, 0.4) is 0 Å². The summed E-state index contributed by atoms with van der Waals surface area (Å²) < 4.78 is 5.86. The molecule has 2 heterocycles. The summed E-state index contributed by atoms with van der Waals surface area (Å²) in [5.74, 6) is 1.13. The minimum atomic E-state index is -0.128. The number of hydrogen-bond donors (Lipinski definition) is 1. The molecular formula is C20H13Cl2NO2. The molecular weight excluding hydrogens is 357 g/mol. The van der Waals surface area contributed by atoms with Crippen LogP contribution in [0, 0.1) is 6.92 Å². The van der Waals surface area contributed by atoms with Crippen LogP contribution in [0.4, 0.5) is 5.69 Å². The Balaban J connectivity index is 1.72. The number of rotatable bonds is 2. The van der Waals surface area contributed by atoms with Crippen LogP contribution in [0.1, 0.15) is 16.9 Å². The van der Waals surface area contributed by atoms with E-state index in [9.17, 15) is 4.79 Å². The van der Waals surface area contributed by atoms with Crippen LogP contribution in [0.25, 0.3) is 23.0 Å². The van der Waals surface area contributed by atoms with Crippen molar-refractivity contribution in [3.63, 3.8) is 0 Å². The Morgan fingerprint density at radius 1 is 1.04 bits per heavy atom. The molecule has 0 bridgehead atoms. The second kappa shape index (κ2) is 6.10. The average Bonchev–Trinajstić information content (AvgIpc) is 3.17. The molecule has 0 atom stereocenters. The molecule has 0 saturated carbocycles. The van der Waals surface area contributed by atoms with E-state index in [1.807, 2.05) is 43.3 Å². The monoisotopic (exact) mass is 369 g/mol. The number of amides is 1. The van der Waals surface area contributed by atoms with E-state index >= 15 is 0 Å². The molecule has 0 radical (unpaired) electrons. The fourth-order valence-electron chi connectivity index (χ4n) is 2.88. The lowest BCUT2D eigenvalue weighted by Gasteiger charge is -2.01. The van der Waals surface area contributed by atoms with Gasteiger partial charge in [-0.05, 0) is 48.9 Å². The number of carbonyl (C=O) groups excluding carboxylic acids is 1. The van der Waals surface area contributed by atoms with Crippen molar-refractivity contribution in [3.05, 3.63) is 75.5 Å². The lowest BCUT2D eigenvalue weighted by molar-refractivity contribution is -0.110. The van der Waals surface area contributed by atoms with E-state index in [1.54, 1.807) is 18.2 Å². The zero-order valence-corrected chi connectivity index (χ0v) is 14.8. The van der Waals surface area contributed by atoms with E-state index in [4.69, 9.17) is 27.6 Å². The summed E-state index contributed by atoms with van der Waals surface area (Å²) in [7, 11) is 0. The summed E-state index contributed by atoms with van der Waals surface area (Å²) in [4.78, 5) is 12.3. The fraction of sp³-hybridized carbons (Fsp3) is 0.0500. The van der Waals surface area contributed by atoms with E-state index < -0.39 is 0 Å². The molecule has 1 amide bonds. The normalized spacial score (nSPS) is 14.7. The first kappa shape index (κ1) is 16.0. The van der Waals surface area contributed by atoms with Crippen molar-refractivity contribution >= 4 is 46.4 Å². The van der Waals surface area contributed by atoms with Crippen molar-refractivity contribution in [2.24, 2.45) is 0 Å². The van der Waals surface area contributed by atoms with Crippen molar-refractivity contribution in [2.75, 3.05) is 5.32 Å². The van der Waals surface area contributed by atoms with Crippen LogP contribution in [0.15, 0.2) is 52.9 Å². The van der Waals surface area contributed by atoms with Crippen LogP contribution in [0.2, 0.25) is 10.0 Å². The van der Waals surface area contributed by atoms with Crippen molar-refractivity contribution in [3.8, 4) is 11.3 Å². The highest BCUT2D eigenvalue weighted by Gasteiger charge is 2.25. The Morgan fingerprint density at radius 2 is 1.88 bits per heavy atom. The summed E-state index contributed by atoms with van der Waals surface area (Å²) in [5, 5.41) is 3.87. The smallest absolute Gasteiger partial charge is 0.256 e.